The highest BCUT2D eigenvalue weighted by Gasteiger charge is 2.30. The van der Waals surface area contributed by atoms with Crippen molar-refractivity contribution in [3.8, 4) is 17.1 Å². The Bertz CT molecular complexity index is 2700. The van der Waals surface area contributed by atoms with Crippen LogP contribution < -0.4 is 14.2 Å². The summed E-state index contributed by atoms with van der Waals surface area (Å²) in [4.78, 5) is 25.6. The number of halogens is 2. The number of carboxylic acids is 2. The molecule has 4 aromatic carbocycles. The van der Waals surface area contributed by atoms with Crippen LogP contribution in [-0.2, 0) is 37.8 Å². The fourth-order valence-electron chi connectivity index (χ4n) is 5.96. The summed E-state index contributed by atoms with van der Waals surface area (Å²) in [5.41, 5.74) is 1.77. The van der Waals surface area contributed by atoms with E-state index in [1.54, 1.807) is 60.7 Å². The number of aliphatic carboxylic acids is 1. The van der Waals surface area contributed by atoms with Gasteiger partial charge in [-0.25, -0.2) is 31.0 Å². The molecule has 16 nitrogen and oxygen atoms in total. The number of aromatic carboxylic acids is 1. The summed E-state index contributed by atoms with van der Waals surface area (Å²) in [6.07, 6.45) is 4.18. The van der Waals surface area contributed by atoms with Crippen LogP contribution in [0, 0.1) is 0 Å². The Balaban J connectivity index is 0.972. The van der Waals surface area contributed by atoms with Gasteiger partial charge in [-0.1, -0.05) is 35.3 Å². The van der Waals surface area contributed by atoms with Gasteiger partial charge in [-0.2, -0.15) is 10.2 Å². The number of likely N-dealkylation sites (tertiary alicyclic amines) is 1. The number of anilines is 2. The summed E-state index contributed by atoms with van der Waals surface area (Å²) in [5, 5.41) is 28.7. The van der Waals surface area contributed by atoms with Crippen LogP contribution in [0.1, 0.15) is 21.5 Å². The number of benzene rings is 4. The lowest BCUT2D eigenvalue weighted by molar-refractivity contribution is -0.136. The molecule has 1 fully saturated rings. The second-order valence-corrected chi connectivity index (χ2v) is 17.2. The predicted octanol–water partition coefficient (Wildman–Crippen LogP) is 5.55. The Morgan fingerprint density at radius 2 is 1.26 bits per heavy atom. The zero-order chi connectivity index (χ0) is 40.5. The number of carboxylic acid groups (broad SMARTS) is 2. The Hall–Kier alpha value is -5.92. The van der Waals surface area contributed by atoms with Crippen LogP contribution in [0.15, 0.2) is 120 Å². The molecule has 0 atom stereocenters. The van der Waals surface area contributed by atoms with Crippen molar-refractivity contribution in [2.75, 3.05) is 22.5 Å². The molecule has 1 saturated heterocycles. The molecule has 1 aliphatic heterocycles. The second-order valence-electron chi connectivity index (χ2n) is 12.9. The molecule has 1 aliphatic rings. The fourth-order valence-corrected chi connectivity index (χ4v) is 8.25. The molecule has 20 heteroatoms. The van der Waals surface area contributed by atoms with E-state index in [1.165, 1.54) is 52.2 Å². The van der Waals surface area contributed by atoms with Gasteiger partial charge >= 0.3 is 11.9 Å². The van der Waals surface area contributed by atoms with Crippen molar-refractivity contribution in [1.82, 2.24) is 24.5 Å². The molecule has 0 amide bonds. The van der Waals surface area contributed by atoms with Gasteiger partial charge < -0.3 is 14.9 Å². The van der Waals surface area contributed by atoms with Gasteiger partial charge in [0.05, 0.1) is 59.5 Å². The topological polar surface area (TPSA) is 215 Å². The van der Waals surface area contributed by atoms with Gasteiger partial charge in [0.25, 0.3) is 20.0 Å². The van der Waals surface area contributed by atoms with Crippen LogP contribution in [-0.4, -0.2) is 82.6 Å². The Kier molecular flexibility index (Phi) is 11.0. The van der Waals surface area contributed by atoms with E-state index in [9.17, 15) is 36.6 Å². The van der Waals surface area contributed by atoms with Gasteiger partial charge in [0.2, 0.25) is 0 Å². The first-order valence-electron chi connectivity index (χ1n) is 16.9. The maximum atomic E-state index is 13.3. The zero-order valence-electron chi connectivity index (χ0n) is 29.4. The van der Waals surface area contributed by atoms with Crippen molar-refractivity contribution < 1.29 is 41.4 Å². The maximum Gasteiger partial charge on any atom is 0.337 e. The third-order valence-corrected chi connectivity index (χ3v) is 11.9. The smallest absolute Gasteiger partial charge is 0.337 e. The summed E-state index contributed by atoms with van der Waals surface area (Å²) >= 11 is 11.9. The van der Waals surface area contributed by atoms with Crippen LogP contribution in [0.4, 0.5) is 11.4 Å². The summed E-state index contributed by atoms with van der Waals surface area (Å²) in [6, 6.07) is 22.1. The van der Waals surface area contributed by atoms with Crippen molar-refractivity contribution in [2.45, 2.75) is 28.9 Å². The summed E-state index contributed by atoms with van der Waals surface area (Å²) in [6.45, 7) is 1.27. The van der Waals surface area contributed by atoms with Gasteiger partial charge in [-0.05, 0) is 83.9 Å². The molecule has 0 aliphatic carbocycles. The molecule has 2 aromatic heterocycles. The highest BCUT2D eigenvalue weighted by Crippen LogP contribution is 2.29. The van der Waals surface area contributed by atoms with E-state index in [0.717, 1.165) is 11.8 Å². The Morgan fingerprint density at radius 1 is 0.737 bits per heavy atom. The van der Waals surface area contributed by atoms with Crippen LogP contribution in [0.2, 0.25) is 10.0 Å². The van der Waals surface area contributed by atoms with Gasteiger partial charge in [0, 0.05) is 29.7 Å². The minimum atomic E-state index is -4.22. The number of rotatable bonds is 15. The highest BCUT2D eigenvalue weighted by atomic mass is 35.5. The van der Waals surface area contributed by atoms with E-state index in [0.29, 0.717) is 41.1 Å². The molecule has 6 aromatic rings. The van der Waals surface area contributed by atoms with Crippen LogP contribution in [0.5, 0.6) is 5.75 Å². The fraction of sp³-hybridized carbons (Fsp3) is 0.135. The summed E-state index contributed by atoms with van der Waals surface area (Å²) in [7, 11) is -8.35. The summed E-state index contributed by atoms with van der Waals surface area (Å²) < 4.78 is 66.4. The normalized spacial score (nSPS) is 13.5. The van der Waals surface area contributed by atoms with Crippen molar-refractivity contribution in [3.05, 3.63) is 136 Å². The van der Waals surface area contributed by atoms with Crippen molar-refractivity contribution in [3.63, 3.8) is 0 Å². The number of aromatic nitrogens is 4. The van der Waals surface area contributed by atoms with Gasteiger partial charge in [-0.3, -0.25) is 19.1 Å². The minimum absolute atomic E-state index is 0.109. The molecule has 0 radical (unpaired) electrons. The van der Waals surface area contributed by atoms with Gasteiger partial charge in [-0.15, -0.1) is 0 Å². The highest BCUT2D eigenvalue weighted by molar-refractivity contribution is 7.93. The first-order valence-corrected chi connectivity index (χ1v) is 20.6. The molecule has 0 saturated carbocycles. The van der Waals surface area contributed by atoms with Crippen molar-refractivity contribution in [1.29, 1.82) is 0 Å². The zero-order valence-corrected chi connectivity index (χ0v) is 32.5. The lowest BCUT2D eigenvalue weighted by Gasteiger charge is -2.39. The number of ether oxygens (including phenoxy) is 1. The standard InChI is InChI=1S/C37H31Cl2N7O9S2/c38-25-2-6-27(7-3-25)45-21-31(16-40-45)56(51,52)42-34-11-1-23(13-24(34)14-36(47)48)18-44-19-30(20-44)55-29-10-12-35(33(15-29)37(49)50)43-57(53,54)32-17-41-46(22-32)28-8-4-26(39)5-9-28/h1-13,15-17,21-22,30,42-43H,14,18-20H2,(H,47,48)(H,49,50). The first-order chi connectivity index (χ1) is 27.1. The minimum Gasteiger partial charge on any atom is -0.488 e. The lowest BCUT2D eigenvalue weighted by atomic mass is 10.0. The number of nitrogens with one attached hydrogen (secondary N) is 2. The molecular weight excluding hydrogens is 821 g/mol. The molecule has 0 unspecified atom stereocenters. The average molecular weight is 853 g/mol. The number of sulfonamides is 2. The molecule has 294 valence electrons. The molecule has 4 N–H and O–H groups in total. The predicted molar refractivity (Wildman–Crippen MR) is 210 cm³/mol. The van der Waals surface area contributed by atoms with E-state index >= 15 is 0 Å². The Labute approximate surface area is 335 Å². The Morgan fingerprint density at radius 3 is 1.79 bits per heavy atom. The van der Waals surface area contributed by atoms with Crippen LogP contribution in [0.3, 0.4) is 0 Å². The van der Waals surface area contributed by atoms with Gasteiger partial charge in [0.1, 0.15) is 21.6 Å². The van der Waals surface area contributed by atoms with E-state index in [4.69, 9.17) is 27.9 Å². The number of carbonyl (C=O) groups is 2. The quantitative estimate of drug-likeness (QED) is 0.100. The van der Waals surface area contributed by atoms with Crippen molar-refractivity contribution >= 4 is 66.6 Å². The molecular formula is C37H31Cl2N7O9S2. The molecule has 57 heavy (non-hydrogen) atoms. The second kappa shape index (κ2) is 15.9. The van der Waals surface area contributed by atoms with E-state index in [-0.39, 0.29) is 44.1 Å². The number of nitrogens with zero attached hydrogens (tertiary/aromatic N) is 5. The SMILES string of the molecule is O=C(O)Cc1cc(CN2CC(Oc3ccc(NS(=O)(=O)c4cnn(-c5ccc(Cl)cc5)c4)c(C(=O)O)c3)C2)ccc1NS(=O)(=O)c1cnn(-c2ccc(Cl)cc2)c1. The number of hydrogen-bond donors (Lipinski definition) is 4. The van der Waals surface area contributed by atoms with Gasteiger partial charge in [0.15, 0.2) is 0 Å². The van der Waals surface area contributed by atoms with E-state index in [1.807, 2.05) is 4.90 Å². The van der Waals surface area contributed by atoms with Crippen LogP contribution in [0.25, 0.3) is 11.4 Å². The van der Waals surface area contributed by atoms with E-state index < -0.39 is 38.4 Å². The van der Waals surface area contributed by atoms with Crippen LogP contribution >= 0.6 is 23.2 Å². The summed E-state index contributed by atoms with van der Waals surface area (Å²) in [5.74, 6) is -2.30. The molecule has 3 heterocycles. The monoisotopic (exact) mass is 851 g/mol. The maximum absolute atomic E-state index is 13.3. The average Bonchev–Trinajstić information content (AvgIpc) is 3.85. The largest absolute Gasteiger partial charge is 0.488 e. The third kappa shape index (κ3) is 9.22. The molecule has 0 spiro atoms. The lowest BCUT2D eigenvalue weighted by Crippen LogP contribution is -2.53. The molecule has 7 rings (SSSR count). The first kappa shape index (κ1) is 39.3. The molecule has 0 bridgehead atoms. The number of hydrogen-bond acceptors (Lipinski definition) is 10. The third-order valence-electron chi connectivity index (χ3n) is 8.77. The van der Waals surface area contributed by atoms with Crippen molar-refractivity contribution in [2.24, 2.45) is 0 Å². The van der Waals surface area contributed by atoms with E-state index in [2.05, 4.69) is 19.6 Å².